The summed E-state index contributed by atoms with van der Waals surface area (Å²) in [6.07, 6.45) is 4.01. The van der Waals surface area contributed by atoms with Gasteiger partial charge >= 0.3 is 0 Å². The number of nitrogens with zero attached hydrogens (tertiary/aromatic N) is 3. The largest absolute Gasteiger partial charge is 0.374 e. The van der Waals surface area contributed by atoms with E-state index in [2.05, 4.69) is 15.6 Å². The summed E-state index contributed by atoms with van der Waals surface area (Å²) in [5, 5.41) is 5.42. The Morgan fingerprint density at radius 2 is 1.63 bits per heavy atom. The summed E-state index contributed by atoms with van der Waals surface area (Å²) in [7, 11) is 0. The van der Waals surface area contributed by atoms with Gasteiger partial charge in [-0.2, -0.15) is 0 Å². The van der Waals surface area contributed by atoms with Gasteiger partial charge in [0.25, 0.3) is 5.91 Å². The third kappa shape index (κ3) is 10.2. The molecule has 0 bridgehead atoms. The minimum absolute atomic E-state index is 0. The molecule has 2 atom stereocenters. The number of ketones is 1. The summed E-state index contributed by atoms with van der Waals surface area (Å²) in [4.78, 5) is 59.5. The Morgan fingerprint density at radius 1 is 0.980 bits per heavy atom. The van der Waals surface area contributed by atoms with Crippen LogP contribution in [0.3, 0.4) is 0 Å². The van der Waals surface area contributed by atoms with Crippen molar-refractivity contribution in [2.24, 2.45) is 11.7 Å². The summed E-state index contributed by atoms with van der Waals surface area (Å²) in [6.45, 7) is 5.90. The van der Waals surface area contributed by atoms with Gasteiger partial charge in [0.2, 0.25) is 11.8 Å². The fourth-order valence-corrected chi connectivity index (χ4v) is 5.73. The number of piperidine rings is 1. The maximum atomic E-state index is 14.1. The highest BCUT2D eigenvalue weighted by atomic mass is 19.1. The number of amides is 3. The number of nitrogens with one attached hydrogen (secondary N) is 2. The van der Waals surface area contributed by atoms with Crippen molar-refractivity contribution in [2.45, 2.75) is 65.3 Å². The lowest BCUT2D eigenvalue weighted by atomic mass is 9.88. The number of benzene rings is 3. The number of halogens is 1. The van der Waals surface area contributed by atoms with Gasteiger partial charge in [-0.05, 0) is 69.0 Å². The fourth-order valence-electron chi connectivity index (χ4n) is 5.73. The number of carbonyl (C=O) groups excluding carboxylic acids is 4. The number of hydrogen-bond acceptors (Lipinski definition) is 7. The zero-order valence-corrected chi connectivity index (χ0v) is 28.5. The quantitative estimate of drug-likeness (QED) is 0.166. The molecule has 3 aromatic carbocycles. The molecule has 2 heterocycles. The Hall–Kier alpha value is -5.20. The van der Waals surface area contributed by atoms with Crippen LogP contribution in [0.4, 0.5) is 10.2 Å². The second-order valence-electron chi connectivity index (χ2n) is 13.2. The van der Waals surface area contributed by atoms with Gasteiger partial charge in [0.1, 0.15) is 17.9 Å². The predicted octanol–water partition coefficient (Wildman–Crippen LogP) is 5.06. The number of Topliss-reactive ketones (excluding diaryl/α,β-unsaturated/α-hetero) is 1. The number of aromatic nitrogens is 2. The summed E-state index contributed by atoms with van der Waals surface area (Å²) >= 11 is 0. The van der Waals surface area contributed by atoms with Crippen LogP contribution in [0.15, 0.2) is 91.4 Å². The fraction of sp³-hybridized carbons (Fsp3) is 0.359. The number of hydrogen-bond donors (Lipinski definition) is 3. The van der Waals surface area contributed by atoms with Crippen molar-refractivity contribution in [3.63, 3.8) is 0 Å². The zero-order valence-electron chi connectivity index (χ0n) is 28.5. The molecule has 270 valence electrons. The molecular weight excluding hydrogens is 651 g/mol. The molecule has 4 N–H and O–H groups in total. The van der Waals surface area contributed by atoms with Crippen LogP contribution >= 0.6 is 0 Å². The van der Waals surface area contributed by atoms with Gasteiger partial charge in [0, 0.05) is 30.8 Å². The molecule has 12 heteroatoms. The van der Waals surface area contributed by atoms with Gasteiger partial charge in [-0.3, -0.25) is 19.2 Å². The second kappa shape index (κ2) is 17.1. The maximum absolute atomic E-state index is 14.1. The van der Waals surface area contributed by atoms with Crippen molar-refractivity contribution < 1.29 is 28.3 Å². The van der Waals surface area contributed by atoms with Crippen LogP contribution in [-0.4, -0.2) is 69.2 Å². The lowest BCUT2D eigenvalue weighted by Crippen LogP contribution is -2.56. The van der Waals surface area contributed by atoms with Crippen molar-refractivity contribution >= 4 is 29.3 Å². The number of carbonyl (C=O) groups is 4. The normalized spacial score (nSPS) is 14.6. The van der Waals surface area contributed by atoms with Crippen LogP contribution < -0.4 is 16.4 Å². The van der Waals surface area contributed by atoms with Crippen LogP contribution in [0, 0.1) is 18.7 Å². The monoisotopic (exact) mass is 698 g/mol. The van der Waals surface area contributed by atoms with E-state index in [0.29, 0.717) is 31.5 Å². The Balaban J connectivity index is 0.00000583. The third-order valence-electron chi connectivity index (χ3n) is 8.69. The molecule has 0 aliphatic carbocycles. The summed E-state index contributed by atoms with van der Waals surface area (Å²) in [6, 6.07) is 20.7. The molecule has 1 unspecified atom stereocenters. The van der Waals surface area contributed by atoms with E-state index in [1.54, 1.807) is 15.7 Å². The van der Waals surface area contributed by atoms with Gasteiger partial charge in [-0.25, -0.2) is 9.37 Å². The molecule has 4 aromatic rings. The number of likely N-dealkylation sites (tertiary alicyclic amines) is 1. The molecule has 11 nitrogen and oxygen atoms in total. The molecule has 3 amide bonds. The van der Waals surface area contributed by atoms with Crippen LogP contribution in [0.1, 0.15) is 67.2 Å². The summed E-state index contributed by atoms with van der Waals surface area (Å²) < 4.78 is 20.8. The van der Waals surface area contributed by atoms with Crippen molar-refractivity contribution in [3.05, 3.63) is 119 Å². The first-order valence-electron chi connectivity index (χ1n) is 16.6. The highest BCUT2D eigenvalue weighted by Gasteiger charge is 2.34. The first-order valence-corrected chi connectivity index (χ1v) is 16.6. The standard InChI is InChI=1S/C38H43FN6O5.CH4/c1-25-9-11-27(12-10-25)33(36(48)44-19-17-29(18-20-44)34(46)28-13-15-30(39)16-14-28)45-21-32(41-24-45)43-35(47)31(42-37(49)38(2,3)40)23-50-22-26-7-5-4-6-8-26;/h4-16,21,24,29,31,33H,17-20,22-23,40H2,1-3H3,(H,42,49)(H,43,47);1H4/t31-,33?;/m1./s1. The highest BCUT2D eigenvalue weighted by molar-refractivity contribution is 5.98. The van der Waals surface area contributed by atoms with Crippen molar-refractivity contribution in [2.75, 3.05) is 25.0 Å². The number of imidazole rings is 1. The van der Waals surface area contributed by atoms with Crippen LogP contribution in [0.2, 0.25) is 0 Å². The lowest BCUT2D eigenvalue weighted by Gasteiger charge is -2.34. The molecule has 0 radical (unpaired) electrons. The van der Waals surface area contributed by atoms with E-state index in [0.717, 1.165) is 16.7 Å². The van der Waals surface area contributed by atoms with E-state index in [4.69, 9.17) is 10.5 Å². The van der Waals surface area contributed by atoms with E-state index in [9.17, 15) is 23.6 Å². The number of anilines is 1. The van der Waals surface area contributed by atoms with Gasteiger partial charge < -0.3 is 30.6 Å². The van der Waals surface area contributed by atoms with Crippen molar-refractivity contribution in [1.29, 1.82) is 0 Å². The molecule has 1 aliphatic heterocycles. The van der Waals surface area contributed by atoms with Crippen LogP contribution in [0.5, 0.6) is 0 Å². The molecule has 1 fully saturated rings. The van der Waals surface area contributed by atoms with Crippen molar-refractivity contribution in [1.82, 2.24) is 19.8 Å². The van der Waals surface area contributed by atoms with E-state index in [1.165, 1.54) is 44.4 Å². The lowest BCUT2D eigenvalue weighted by molar-refractivity contribution is -0.134. The smallest absolute Gasteiger partial charge is 0.250 e. The molecule has 51 heavy (non-hydrogen) atoms. The highest BCUT2D eigenvalue weighted by Crippen LogP contribution is 2.28. The third-order valence-corrected chi connectivity index (χ3v) is 8.69. The van der Waals surface area contributed by atoms with Crippen LogP contribution in [0.25, 0.3) is 0 Å². The van der Waals surface area contributed by atoms with Gasteiger partial charge in [-0.1, -0.05) is 67.6 Å². The van der Waals surface area contributed by atoms with Crippen LogP contribution in [-0.2, 0) is 25.7 Å². The predicted molar refractivity (Wildman–Crippen MR) is 193 cm³/mol. The Bertz CT molecular complexity index is 1780. The molecular formula is C39H47FN6O5. The molecule has 0 spiro atoms. The van der Waals surface area contributed by atoms with Gasteiger partial charge in [-0.15, -0.1) is 0 Å². The number of nitrogens with two attached hydrogens (primary N) is 1. The average Bonchev–Trinajstić information content (AvgIpc) is 3.56. The first-order chi connectivity index (χ1) is 23.9. The summed E-state index contributed by atoms with van der Waals surface area (Å²) in [5.41, 5.74) is 7.87. The second-order valence-corrected chi connectivity index (χ2v) is 13.2. The minimum Gasteiger partial charge on any atom is -0.374 e. The molecule has 0 saturated carbocycles. The Morgan fingerprint density at radius 3 is 2.25 bits per heavy atom. The van der Waals surface area contributed by atoms with Gasteiger partial charge in [0.05, 0.1) is 25.1 Å². The summed E-state index contributed by atoms with van der Waals surface area (Å²) in [5.74, 6) is -1.82. The number of ether oxygens (including phenoxy) is 1. The van der Waals surface area contributed by atoms with E-state index in [-0.39, 0.29) is 44.1 Å². The van der Waals surface area contributed by atoms with E-state index in [1.807, 2.05) is 61.5 Å². The average molecular weight is 699 g/mol. The SMILES string of the molecule is C.Cc1ccc(C(C(=O)N2CCC(C(=O)c3ccc(F)cc3)CC2)n2cnc(NC(=O)[C@@H](COCc3ccccc3)NC(=O)C(C)(C)N)c2)cc1. The van der Waals surface area contributed by atoms with Gasteiger partial charge in [0.15, 0.2) is 11.6 Å². The molecule has 5 rings (SSSR count). The topological polar surface area (TPSA) is 149 Å². The minimum atomic E-state index is -1.23. The number of aryl methyl sites for hydroxylation is 1. The molecule has 1 aliphatic rings. The Labute approximate surface area is 298 Å². The maximum Gasteiger partial charge on any atom is 0.250 e. The zero-order chi connectivity index (χ0) is 35.8. The molecule has 1 aromatic heterocycles. The first kappa shape index (κ1) is 38.6. The Kier molecular flexibility index (Phi) is 13.0. The van der Waals surface area contributed by atoms with Crippen molar-refractivity contribution in [3.8, 4) is 0 Å². The number of rotatable bonds is 13. The van der Waals surface area contributed by atoms with E-state index >= 15 is 0 Å². The van der Waals surface area contributed by atoms with E-state index < -0.39 is 35.3 Å². The molecule has 1 saturated heterocycles.